The van der Waals surface area contributed by atoms with Crippen LogP contribution in [0.25, 0.3) is 0 Å². The van der Waals surface area contributed by atoms with Gasteiger partial charge >= 0.3 is 0 Å². The molecule has 0 saturated heterocycles. The lowest BCUT2D eigenvalue weighted by molar-refractivity contribution is 0.395. The number of aromatic nitrogens is 2. The molecule has 0 bridgehead atoms. The maximum Gasteiger partial charge on any atom is 0.218 e. The zero-order valence-corrected chi connectivity index (χ0v) is 9.99. The second-order valence-electron chi connectivity index (χ2n) is 4.21. The zero-order chi connectivity index (χ0) is 11.4. The van der Waals surface area contributed by atoms with Gasteiger partial charge in [-0.25, -0.2) is 4.98 Å². The zero-order valence-electron chi connectivity index (χ0n) is 9.99. The molecule has 4 nitrogen and oxygen atoms in total. The minimum absolute atomic E-state index is 0.557. The Labute approximate surface area is 96.4 Å². The molecule has 88 valence electrons. The molecule has 1 heterocycles. The van der Waals surface area contributed by atoms with Crippen molar-refractivity contribution >= 4 is 5.82 Å². The molecule has 0 amide bonds. The van der Waals surface area contributed by atoms with E-state index in [0.717, 1.165) is 24.6 Å². The molecule has 0 unspecified atom stereocenters. The van der Waals surface area contributed by atoms with Gasteiger partial charge in [0.2, 0.25) is 5.88 Å². The maximum atomic E-state index is 5.19. The van der Waals surface area contributed by atoms with E-state index in [-0.39, 0.29) is 0 Å². The molecule has 0 aliphatic heterocycles. The average Bonchev–Trinajstić information content (AvgIpc) is 3.13. The summed E-state index contributed by atoms with van der Waals surface area (Å²) in [5, 5.41) is 3.31. The predicted molar refractivity (Wildman–Crippen MR) is 64.0 cm³/mol. The van der Waals surface area contributed by atoms with Crippen LogP contribution in [0.5, 0.6) is 5.88 Å². The van der Waals surface area contributed by atoms with E-state index in [1.165, 1.54) is 19.3 Å². The van der Waals surface area contributed by atoms with E-state index < -0.39 is 0 Å². The highest BCUT2D eigenvalue weighted by Crippen LogP contribution is 2.39. The first-order chi connectivity index (χ1) is 7.83. The van der Waals surface area contributed by atoms with Crippen LogP contribution in [0.2, 0.25) is 0 Å². The molecule has 1 saturated carbocycles. The second-order valence-corrected chi connectivity index (χ2v) is 4.21. The molecule has 1 aliphatic carbocycles. The maximum absolute atomic E-state index is 5.19. The number of unbranched alkanes of at least 4 members (excludes halogenated alkanes) is 1. The van der Waals surface area contributed by atoms with Crippen LogP contribution >= 0.6 is 0 Å². The van der Waals surface area contributed by atoms with E-state index in [1.807, 2.05) is 6.07 Å². The van der Waals surface area contributed by atoms with Crippen molar-refractivity contribution in [1.82, 2.24) is 9.97 Å². The van der Waals surface area contributed by atoms with Gasteiger partial charge in [0.25, 0.3) is 0 Å². The van der Waals surface area contributed by atoms with Gasteiger partial charge in [0, 0.05) is 18.5 Å². The fraction of sp³-hybridized carbons (Fsp3) is 0.667. The van der Waals surface area contributed by atoms with Crippen molar-refractivity contribution in [3.05, 3.63) is 11.9 Å². The van der Waals surface area contributed by atoms with Gasteiger partial charge in [0.05, 0.1) is 7.11 Å². The minimum Gasteiger partial charge on any atom is -0.481 e. The monoisotopic (exact) mass is 221 g/mol. The van der Waals surface area contributed by atoms with Crippen molar-refractivity contribution in [2.45, 2.75) is 38.5 Å². The molecule has 4 heteroatoms. The molecule has 0 spiro atoms. The topological polar surface area (TPSA) is 47.0 Å². The van der Waals surface area contributed by atoms with E-state index in [2.05, 4.69) is 22.2 Å². The van der Waals surface area contributed by atoms with Crippen molar-refractivity contribution < 1.29 is 4.74 Å². The lowest BCUT2D eigenvalue weighted by atomic mass is 10.3. The third-order valence-corrected chi connectivity index (χ3v) is 2.71. The Hall–Kier alpha value is -1.32. The van der Waals surface area contributed by atoms with Crippen molar-refractivity contribution in [3.8, 4) is 5.88 Å². The van der Waals surface area contributed by atoms with E-state index in [9.17, 15) is 0 Å². The molecule has 0 aromatic carbocycles. The summed E-state index contributed by atoms with van der Waals surface area (Å²) in [6.07, 6.45) is 4.76. The predicted octanol–water partition coefficient (Wildman–Crippen LogP) is 2.57. The highest BCUT2D eigenvalue weighted by atomic mass is 16.5. The van der Waals surface area contributed by atoms with Crippen LogP contribution in [-0.4, -0.2) is 23.6 Å². The highest BCUT2D eigenvalue weighted by molar-refractivity contribution is 5.39. The smallest absolute Gasteiger partial charge is 0.218 e. The standard InChI is InChI=1S/C12H19N3O/c1-3-4-7-13-10-8-11(16-2)15-12(14-10)9-5-6-9/h8-9H,3-7H2,1-2H3,(H,13,14,15). The van der Waals surface area contributed by atoms with Crippen molar-refractivity contribution in [2.75, 3.05) is 19.0 Å². The Morgan fingerprint density at radius 2 is 2.25 bits per heavy atom. The molecule has 1 aliphatic rings. The van der Waals surface area contributed by atoms with Crippen molar-refractivity contribution in [1.29, 1.82) is 0 Å². The number of ether oxygens (including phenoxy) is 1. The number of anilines is 1. The van der Waals surface area contributed by atoms with Crippen LogP contribution in [0.15, 0.2) is 6.07 Å². The number of hydrogen-bond acceptors (Lipinski definition) is 4. The van der Waals surface area contributed by atoms with Gasteiger partial charge in [0.1, 0.15) is 11.6 Å². The Balaban J connectivity index is 2.06. The lowest BCUT2D eigenvalue weighted by Gasteiger charge is -2.08. The third kappa shape index (κ3) is 2.84. The summed E-state index contributed by atoms with van der Waals surface area (Å²) in [7, 11) is 1.65. The van der Waals surface area contributed by atoms with Gasteiger partial charge in [-0.05, 0) is 19.3 Å². The molecule has 2 rings (SSSR count). The number of nitrogens with one attached hydrogen (secondary N) is 1. The van der Waals surface area contributed by atoms with Gasteiger partial charge in [-0.2, -0.15) is 4.98 Å². The van der Waals surface area contributed by atoms with Gasteiger partial charge in [-0.15, -0.1) is 0 Å². The summed E-state index contributed by atoms with van der Waals surface area (Å²) >= 11 is 0. The van der Waals surface area contributed by atoms with E-state index >= 15 is 0 Å². The minimum atomic E-state index is 0.557. The number of nitrogens with zero attached hydrogens (tertiary/aromatic N) is 2. The first kappa shape index (κ1) is 11.2. The van der Waals surface area contributed by atoms with Crippen LogP contribution in [0.4, 0.5) is 5.82 Å². The summed E-state index contributed by atoms with van der Waals surface area (Å²) < 4.78 is 5.19. The van der Waals surface area contributed by atoms with Crippen molar-refractivity contribution in [2.24, 2.45) is 0 Å². The number of hydrogen-bond donors (Lipinski definition) is 1. The lowest BCUT2D eigenvalue weighted by Crippen LogP contribution is -2.06. The quantitative estimate of drug-likeness (QED) is 0.750. The highest BCUT2D eigenvalue weighted by Gasteiger charge is 2.27. The summed E-state index contributed by atoms with van der Waals surface area (Å²) in [6, 6.07) is 1.86. The third-order valence-electron chi connectivity index (χ3n) is 2.71. The van der Waals surface area contributed by atoms with Gasteiger partial charge in [-0.1, -0.05) is 13.3 Å². The molecule has 0 atom stereocenters. The Kier molecular flexibility index (Phi) is 3.59. The molecule has 0 radical (unpaired) electrons. The van der Waals surface area contributed by atoms with E-state index in [0.29, 0.717) is 11.8 Å². The summed E-state index contributed by atoms with van der Waals surface area (Å²) in [5.41, 5.74) is 0. The fourth-order valence-electron chi connectivity index (χ4n) is 1.56. The molecule has 1 aromatic rings. The summed E-state index contributed by atoms with van der Waals surface area (Å²) in [6.45, 7) is 3.14. The molecular weight excluding hydrogens is 202 g/mol. The number of rotatable bonds is 6. The van der Waals surface area contributed by atoms with Crippen LogP contribution < -0.4 is 10.1 Å². The van der Waals surface area contributed by atoms with Crippen LogP contribution in [0.1, 0.15) is 44.3 Å². The molecule has 1 N–H and O–H groups in total. The van der Waals surface area contributed by atoms with Crippen LogP contribution in [0, 0.1) is 0 Å². The van der Waals surface area contributed by atoms with Crippen LogP contribution in [-0.2, 0) is 0 Å². The number of methoxy groups -OCH3 is 1. The largest absolute Gasteiger partial charge is 0.481 e. The average molecular weight is 221 g/mol. The Morgan fingerprint density at radius 3 is 2.88 bits per heavy atom. The normalized spacial score (nSPS) is 14.9. The Bertz CT molecular complexity index is 350. The SMILES string of the molecule is CCCCNc1cc(OC)nc(C2CC2)n1. The molecular formula is C12H19N3O. The molecule has 16 heavy (non-hydrogen) atoms. The van der Waals surface area contributed by atoms with Crippen molar-refractivity contribution in [3.63, 3.8) is 0 Å². The summed E-state index contributed by atoms with van der Waals surface area (Å²) in [4.78, 5) is 8.88. The van der Waals surface area contributed by atoms with E-state index in [4.69, 9.17) is 4.74 Å². The second kappa shape index (κ2) is 5.14. The van der Waals surface area contributed by atoms with Gasteiger partial charge in [0.15, 0.2) is 0 Å². The van der Waals surface area contributed by atoms with Gasteiger partial charge in [-0.3, -0.25) is 0 Å². The fourth-order valence-corrected chi connectivity index (χ4v) is 1.56. The first-order valence-electron chi connectivity index (χ1n) is 6.00. The first-order valence-corrected chi connectivity index (χ1v) is 6.00. The Morgan fingerprint density at radius 1 is 1.44 bits per heavy atom. The van der Waals surface area contributed by atoms with E-state index in [1.54, 1.807) is 7.11 Å². The molecule has 1 aromatic heterocycles. The molecule has 1 fully saturated rings. The van der Waals surface area contributed by atoms with Crippen LogP contribution in [0.3, 0.4) is 0 Å². The van der Waals surface area contributed by atoms with Gasteiger partial charge < -0.3 is 10.1 Å². The summed E-state index contributed by atoms with van der Waals surface area (Å²) in [5.74, 6) is 3.04.